The van der Waals surface area contributed by atoms with Crippen molar-refractivity contribution in [1.29, 1.82) is 0 Å². The fourth-order valence-electron chi connectivity index (χ4n) is 12.2. The van der Waals surface area contributed by atoms with Crippen molar-refractivity contribution in [2.45, 2.75) is 228 Å². The molecule has 8 atom stereocenters. The third-order valence-corrected chi connectivity index (χ3v) is 18.3. The van der Waals surface area contributed by atoms with Crippen molar-refractivity contribution < 1.29 is 14.3 Å². The van der Waals surface area contributed by atoms with E-state index in [0.29, 0.717) is 22.0 Å². The molecule has 3 fully saturated rings. The first-order chi connectivity index (χ1) is 28.1. The number of ether oxygens (including phenoxy) is 2. The van der Waals surface area contributed by atoms with Crippen LogP contribution in [0.15, 0.2) is 36.4 Å². The van der Waals surface area contributed by atoms with Crippen LogP contribution < -0.4 is 10.6 Å². The minimum Gasteiger partial charge on any atom is -0.474 e. The summed E-state index contributed by atoms with van der Waals surface area (Å²) in [4.78, 5) is 15.1. The average molecular weight is 886 g/mol. The molecule has 0 unspecified atom stereocenters. The zero-order valence-electron chi connectivity index (χ0n) is 42.2. The van der Waals surface area contributed by atoms with Gasteiger partial charge in [0.15, 0.2) is 5.88 Å². The van der Waals surface area contributed by atoms with E-state index < -0.39 is 5.60 Å². The van der Waals surface area contributed by atoms with Gasteiger partial charge in [-0.25, -0.2) is 4.79 Å². The van der Waals surface area contributed by atoms with Gasteiger partial charge in [0.05, 0.1) is 0 Å². The molecule has 0 radical (unpaired) electrons. The Morgan fingerprint density at radius 1 is 0.836 bits per heavy atom. The van der Waals surface area contributed by atoms with Gasteiger partial charge in [-0.3, -0.25) is 0 Å². The second kappa shape index (κ2) is 21.3. The van der Waals surface area contributed by atoms with E-state index in [1.807, 2.05) is 47.1 Å². The average Bonchev–Trinajstić information content (AvgIpc) is 3.46. The highest BCUT2D eigenvalue weighted by atomic mass is 33.1. The summed E-state index contributed by atoms with van der Waals surface area (Å²) in [7, 11) is 4.22. The Hall–Kier alpha value is -1.41. The van der Waals surface area contributed by atoms with Crippen LogP contribution in [0.2, 0.25) is 0 Å². The highest BCUT2D eigenvalue weighted by Crippen LogP contribution is 2.67. The summed E-state index contributed by atoms with van der Waals surface area (Å²) < 4.78 is 11.6. The molecule has 8 heteroatoms. The predicted octanol–water partition coefficient (Wildman–Crippen LogP) is 15.1. The second-order valence-corrected chi connectivity index (χ2v) is 27.2. The number of carbonyl (C=O) groups is 1. The van der Waals surface area contributed by atoms with Crippen molar-refractivity contribution in [3.05, 3.63) is 36.4 Å². The maximum Gasteiger partial charge on any atom is 0.408 e. The number of rotatable bonds is 22. The van der Waals surface area contributed by atoms with Crippen molar-refractivity contribution in [2.24, 2.45) is 46.3 Å². The van der Waals surface area contributed by atoms with Crippen LogP contribution in [0.4, 0.5) is 4.79 Å². The van der Waals surface area contributed by atoms with Crippen molar-refractivity contribution >= 4 is 27.7 Å². The summed E-state index contributed by atoms with van der Waals surface area (Å²) in [6, 6.07) is 0. The molecule has 0 aromatic rings. The minimum absolute atomic E-state index is 0.200. The maximum absolute atomic E-state index is 12.6. The number of fused-ring (bicyclic) bond motifs is 5. The van der Waals surface area contributed by atoms with Gasteiger partial charge in [0.1, 0.15) is 11.2 Å². The monoisotopic (exact) mass is 886 g/mol. The summed E-state index contributed by atoms with van der Waals surface area (Å²) in [5.74, 6) is 7.03. The van der Waals surface area contributed by atoms with E-state index in [4.69, 9.17) is 9.47 Å². The van der Waals surface area contributed by atoms with Crippen LogP contribution in [0.25, 0.3) is 0 Å². The number of carbonyl (C=O) groups excluding carboxylic acids is 1. The topological polar surface area (TPSA) is 62.8 Å². The number of nitrogens with one attached hydrogen (secondary N) is 2. The summed E-state index contributed by atoms with van der Waals surface area (Å²) in [6.07, 6.45) is 21.5. The molecular weight excluding hydrogens is 791 g/mol. The maximum atomic E-state index is 12.6. The second-order valence-electron chi connectivity index (χ2n) is 24.4. The van der Waals surface area contributed by atoms with Crippen molar-refractivity contribution in [1.82, 2.24) is 15.5 Å². The standard InChI is InChI=1S/C53H95N3O3S2/c1-37(2)20-18-21-38(3)44-24-25-45-43-23-22-41-36-42(26-30-52(41,16)46(43)27-31-53(44,45)17)61-60-35-28-39(4)56(34-32-51(14,15)54-40(5)58-48(6,7)8)33-19-29-50(12,13)55-47(57)59-49(9,10)11/h22,37-38,42-46,54H,4-5,18-21,23-36H2,1-3,6-17H3,(H,55,57)/t38-,42+,43+,44-,45+,46+,52+,53-/m1/s1. The molecule has 0 spiro atoms. The fourth-order valence-corrected chi connectivity index (χ4v) is 14.9. The minimum atomic E-state index is -0.522. The first-order valence-electron chi connectivity index (χ1n) is 24.7. The van der Waals surface area contributed by atoms with Gasteiger partial charge in [-0.1, -0.05) is 93.7 Å². The normalized spacial score (nSPS) is 28.5. The van der Waals surface area contributed by atoms with Gasteiger partial charge < -0.3 is 25.0 Å². The first kappa shape index (κ1) is 52.2. The van der Waals surface area contributed by atoms with Crippen LogP contribution >= 0.6 is 21.6 Å². The molecule has 0 heterocycles. The number of nitrogens with zero attached hydrogens (tertiary/aromatic N) is 1. The highest BCUT2D eigenvalue weighted by Gasteiger charge is 2.59. The quantitative estimate of drug-likeness (QED) is 0.0486. The molecule has 352 valence electrons. The van der Waals surface area contributed by atoms with Gasteiger partial charge in [0.25, 0.3) is 0 Å². The molecule has 4 aliphatic carbocycles. The lowest BCUT2D eigenvalue weighted by Gasteiger charge is -2.58. The molecule has 0 aliphatic heterocycles. The third kappa shape index (κ3) is 15.3. The van der Waals surface area contributed by atoms with Crippen LogP contribution in [-0.2, 0) is 9.47 Å². The molecule has 3 saturated carbocycles. The molecule has 0 saturated heterocycles. The molecule has 1 amide bonds. The lowest BCUT2D eigenvalue weighted by Crippen LogP contribution is -2.50. The number of hydrogen-bond acceptors (Lipinski definition) is 7. The van der Waals surface area contributed by atoms with Crippen molar-refractivity contribution in [3.8, 4) is 0 Å². The highest BCUT2D eigenvalue weighted by molar-refractivity contribution is 8.76. The number of allylic oxidation sites excluding steroid dienone is 3. The molecule has 0 aromatic carbocycles. The van der Waals surface area contributed by atoms with E-state index in [0.717, 1.165) is 80.0 Å². The van der Waals surface area contributed by atoms with Gasteiger partial charge in [-0.15, -0.1) is 0 Å². The van der Waals surface area contributed by atoms with Crippen LogP contribution in [0, 0.1) is 46.3 Å². The van der Waals surface area contributed by atoms with Crippen molar-refractivity contribution in [3.63, 3.8) is 0 Å². The number of amides is 1. The van der Waals surface area contributed by atoms with E-state index in [2.05, 4.69) is 119 Å². The molecule has 0 bridgehead atoms. The molecule has 6 nitrogen and oxygen atoms in total. The van der Waals surface area contributed by atoms with Crippen molar-refractivity contribution in [2.75, 3.05) is 18.8 Å². The van der Waals surface area contributed by atoms with Crippen LogP contribution in [0.5, 0.6) is 0 Å². The lowest BCUT2D eigenvalue weighted by atomic mass is 9.47. The van der Waals surface area contributed by atoms with Crippen LogP contribution in [0.1, 0.15) is 200 Å². The van der Waals surface area contributed by atoms with Gasteiger partial charge >= 0.3 is 6.09 Å². The first-order valence-corrected chi connectivity index (χ1v) is 27.1. The fraction of sp³-hybridized carbons (Fsp3) is 0.868. The zero-order chi connectivity index (χ0) is 45.6. The molecule has 0 aromatic heterocycles. The van der Waals surface area contributed by atoms with Crippen LogP contribution in [-0.4, -0.2) is 57.4 Å². The molecule has 2 N–H and O–H groups in total. The summed E-state index contributed by atoms with van der Waals surface area (Å²) in [5.41, 5.74) is 2.58. The van der Waals surface area contributed by atoms with E-state index in [1.54, 1.807) is 0 Å². The van der Waals surface area contributed by atoms with Gasteiger partial charge in [-0.2, -0.15) is 0 Å². The lowest BCUT2D eigenvalue weighted by molar-refractivity contribution is -0.0497. The predicted molar refractivity (Wildman–Crippen MR) is 267 cm³/mol. The Morgan fingerprint density at radius 2 is 1.51 bits per heavy atom. The largest absolute Gasteiger partial charge is 0.474 e. The molecular formula is C53H95N3O3S2. The Balaban J connectivity index is 1.30. The zero-order valence-corrected chi connectivity index (χ0v) is 43.9. The molecule has 4 aliphatic rings. The third-order valence-electron chi connectivity index (χ3n) is 15.4. The summed E-state index contributed by atoms with van der Waals surface area (Å²) >= 11 is 0. The van der Waals surface area contributed by atoms with Gasteiger partial charge in [0.2, 0.25) is 0 Å². The SMILES string of the molecule is C=C(NC(C)(C)CCN(CCCC(C)(C)NC(=O)OC(C)(C)C)C(=C)CCSS[C@H]1CC[C@@]2(C)C(=CC[C@H]3[C@@H]4CC[C@H]([C@H](C)CCCC(C)C)[C@@]4(C)CC[C@@H]32)C1)OC(C)(C)C. The Morgan fingerprint density at radius 3 is 2.16 bits per heavy atom. The summed E-state index contributed by atoms with van der Waals surface area (Å²) in [5, 5.41) is 7.33. The van der Waals surface area contributed by atoms with E-state index in [9.17, 15) is 4.79 Å². The number of alkyl carbamates (subject to hydrolysis) is 1. The van der Waals surface area contributed by atoms with E-state index >= 15 is 0 Å². The van der Waals surface area contributed by atoms with E-state index in [1.165, 1.54) is 76.3 Å². The summed E-state index contributed by atoms with van der Waals surface area (Å²) in [6.45, 7) is 43.8. The van der Waals surface area contributed by atoms with Gasteiger partial charge in [-0.05, 0) is 199 Å². The Labute approximate surface area is 385 Å². The van der Waals surface area contributed by atoms with E-state index in [-0.39, 0.29) is 22.8 Å². The number of hydrogen-bond donors (Lipinski definition) is 2. The van der Waals surface area contributed by atoms with Gasteiger partial charge in [0, 0.05) is 40.9 Å². The molecule has 61 heavy (non-hydrogen) atoms. The molecule has 4 rings (SSSR count). The smallest absolute Gasteiger partial charge is 0.408 e. The Kier molecular flexibility index (Phi) is 18.2. The Bertz CT molecular complexity index is 1490. The van der Waals surface area contributed by atoms with Crippen LogP contribution in [0.3, 0.4) is 0 Å².